The van der Waals surface area contributed by atoms with Crippen LogP contribution in [-0.2, 0) is 14.2 Å². The number of rotatable bonds is 2. The smallest absolute Gasteiger partial charge is 0.284 e. The maximum atomic E-state index is 9.64. The average molecular weight is 265 g/mol. The first-order valence-electron chi connectivity index (χ1n) is 7.23. The molecule has 0 aromatic rings. The summed E-state index contributed by atoms with van der Waals surface area (Å²) in [4.78, 5) is 0. The van der Waals surface area contributed by atoms with Crippen LogP contribution in [0.25, 0.3) is 0 Å². The van der Waals surface area contributed by atoms with Crippen molar-refractivity contribution in [1.82, 2.24) is 0 Å². The molecule has 1 aliphatic carbocycles. The van der Waals surface area contributed by atoms with Crippen molar-refractivity contribution < 1.29 is 14.2 Å². The van der Waals surface area contributed by atoms with Gasteiger partial charge < -0.3 is 14.2 Å². The van der Waals surface area contributed by atoms with Gasteiger partial charge in [0.15, 0.2) is 0 Å². The van der Waals surface area contributed by atoms with Crippen LogP contribution in [0.4, 0.5) is 0 Å². The Bertz CT molecular complexity index is 380. The molecule has 0 amide bonds. The quantitative estimate of drug-likeness (QED) is 0.770. The summed E-state index contributed by atoms with van der Waals surface area (Å²) in [5.74, 6) is 0.194. The zero-order valence-electron chi connectivity index (χ0n) is 12.1. The monoisotopic (exact) mass is 265 g/mol. The molecule has 19 heavy (non-hydrogen) atoms. The van der Waals surface area contributed by atoms with E-state index in [4.69, 9.17) is 14.2 Å². The molecule has 4 heteroatoms. The summed E-state index contributed by atoms with van der Waals surface area (Å²) >= 11 is 0. The first kappa shape index (κ1) is 13.4. The third-order valence-electron chi connectivity index (χ3n) is 5.11. The molecule has 4 aliphatic rings. The second-order valence-electron chi connectivity index (χ2n) is 7.29. The zero-order valence-corrected chi connectivity index (χ0v) is 12.1. The summed E-state index contributed by atoms with van der Waals surface area (Å²) in [7, 11) is 0. The number of hydrogen-bond acceptors (Lipinski definition) is 4. The highest BCUT2D eigenvalue weighted by molar-refractivity contribution is 5.07. The molecular weight excluding hydrogens is 242 g/mol. The SMILES string of the molecule is CC1CC(C#N)(CC23OCC(C)(CO2)CO3)CC1C. The van der Waals surface area contributed by atoms with Crippen molar-refractivity contribution in [2.75, 3.05) is 19.8 Å². The van der Waals surface area contributed by atoms with Gasteiger partial charge in [0.1, 0.15) is 0 Å². The van der Waals surface area contributed by atoms with E-state index in [0.717, 1.165) is 12.8 Å². The molecule has 4 rings (SSSR count). The molecule has 4 fully saturated rings. The van der Waals surface area contributed by atoms with E-state index in [2.05, 4.69) is 26.8 Å². The lowest BCUT2D eigenvalue weighted by Crippen LogP contribution is -2.60. The Morgan fingerprint density at radius 1 is 1.05 bits per heavy atom. The van der Waals surface area contributed by atoms with Gasteiger partial charge in [-0.3, -0.25) is 0 Å². The van der Waals surface area contributed by atoms with E-state index in [-0.39, 0.29) is 10.8 Å². The predicted molar refractivity (Wildman–Crippen MR) is 68.9 cm³/mol. The Labute approximate surface area is 115 Å². The molecule has 0 radical (unpaired) electrons. The standard InChI is InChI=1S/C15H23NO3/c1-11-4-14(7-16,5-12(11)2)6-15-17-8-13(3,9-18-15)10-19-15/h11-12H,4-6,8-10H2,1-3H3. The van der Waals surface area contributed by atoms with Gasteiger partial charge in [-0.2, -0.15) is 5.26 Å². The molecule has 0 spiro atoms. The lowest BCUT2D eigenvalue weighted by molar-refractivity contribution is -0.472. The summed E-state index contributed by atoms with van der Waals surface area (Å²) in [6.07, 6.45) is 2.38. The summed E-state index contributed by atoms with van der Waals surface area (Å²) in [5, 5.41) is 9.64. The van der Waals surface area contributed by atoms with Gasteiger partial charge in [-0.05, 0) is 24.7 Å². The zero-order chi connectivity index (χ0) is 13.7. The van der Waals surface area contributed by atoms with Gasteiger partial charge in [0, 0.05) is 11.8 Å². The van der Waals surface area contributed by atoms with Gasteiger partial charge in [-0.15, -0.1) is 0 Å². The van der Waals surface area contributed by atoms with E-state index in [1.165, 1.54) is 0 Å². The Morgan fingerprint density at radius 3 is 1.95 bits per heavy atom. The number of nitriles is 1. The van der Waals surface area contributed by atoms with Crippen LogP contribution in [-0.4, -0.2) is 25.8 Å². The first-order valence-corrected chi connectivity index (χ1v) is 7.23. The molecule has 0 N–H and O–H groups in total. The second kappa shape index (κ2) is 4.18. The van der Waals surface area contributed by atoms with Crippen LogP contribution in [0.3, 0.4) is 0 Å². The summed E-state index contributed by atoms with van der Waals surface area (Å²) in [5.41, 5.74) is -0.373. The highest BCUT2D eigenvalue weighted by Crippen LogP contribution is 2.52. The third kappa shape index (κ3) is 2.18. The van der Waals surface area contributed by atoms with Crippen molar-refractivity contribution in [3.63, 3.8) is 0 Å². The fourth-order valence-electron chi connectivity index (χ4n) is 3.66. The van der Waals surface area contributed by atoms with Crippen LogP contribution in [0.1, 0.15) is 40.0 Å². The predicted octanol–water partition coefficient (Wildman–Crippen LogP) is 2.69. The van der Waals surface area contributed by atoms with Crippen molar-refractivity contribution in [2.45, 2.75) is 46.0 Å². The molecule has 3 saturated heterocycles. The van der Waals surface area contributed by atoms with E-state index in [0.29, 0.717) is 38.1 Å². The van der Waals surface area contributed by atoms with E-state index < -0.39 is 5.97 Å². The fraction of sp³-hybridized carbons (Fsp3) is 0.933. The number of ether oxygens (including phenoxy) is 3. The molecule has 1 saturated carbocycles. The molecule has 106 valence electrons. The topological polar surface area (TPSA) is 51.5 Å². The maximum absolute atomic E-state index is 9.64. The molecule has 2 unspecified atom stereocenters. The van der Waals surface area contributed by atoms with E-state index in [1.54, 1.807) is 0 Å². The molecule has 2 bridgehead atoms. The van der Waals surface area contributed by atoms with Crippen LogP contribution >= 0.6 is 0 Å². The highest BCUT2D eigenvalue weighted by atomic mass is 16.9. The maximum Gasteiger partial charge on any atom is 0.284 e. The van der Waals surface area contributed by atoms with Crippen LogP contribution in [0, 0.1) is 34.0 Å². The van der Waals surface area contributed by atoms with Gasteiger partial charge >= 0.3 is 0 Å². The number of nitrogens with zero attached hydrogens (tertiary/aromatic N) is 1. The Kier molecular flexibility index (Phi) is 2.94. The van der Waals surface area contributed by atoms with Crippen molar-refractivity contribution in [3.8, 4) is 6.07 Å². The minimum atomic E-state index is -0.961. The lowest BCUT2D eigenvalue weighted by Gasteiger charge is -2.51. The van der Waals surface area contributed by atoms with Gasteiger partial charge in [0.25, 0.3) is 5.97 Å². The molecule has 3 aliphatic heterocycles. The van der Waals surface area contributed by atoms with Gasteiger partial charge in [0.2, 0.25) is 0 Å². The van der Waals surface area contributed by atoms with Crippen LogP contribution < -0.4 is 0 Å². The van der Waals surface area contributed by atoms with Crippen LogP contribution in [0.15, 0.2) is 0 Å². The molecule has 0 aromatic heterocycles. The van der Waals surface area contributed by atoms with Gasteiger partial charge in [-0.25, -0.2) is 0 Å². The first-order chi connectivity index (χ1) is 8.90. The van der Waals surface area contributed by atoms with E-state index in [1.807, 2.05) is 0 Å². The summed E-state index contributed by atoms with van der Waals surface area (Å²) < 4.78 is 17.5. The molecule has 2 atom stereocenters. The minimum absolute atomic E-state index is 0.0161. The average Bonchev–Trinajstić information content (AvgIpc) is 2.67. The minimum Gasteiger partial charge on any atom is -0.327 e. The van der Waals surface area contributed by atoms with Crippen molar-refractivity contribution in [3.05, 3.63) is 0 Å². The largest absolute Gasteiger partial charge is 0.327 e. The van der Waals surface area contributed by atoms with Crippen LogP contribution in [0.5, 0.6) is 0 Å². The molecular formula is C15H23NO3. The van der Waals surface area contributed by atoms with Crippen molar-refractivity contribution in [1.29, 1.82) is 5.26 Å². The molecule has 4 nitrogen and oxygen atoms in total. The molecule has 0 aromatic carbocycles. The van der Waals surface area contributed by atoms with E-state index >= 15 is 0 Å². The molecule has 3 heterocycles. The number of hydrogen-bond donors (Lipinski definition) is 0. The van der Waals surface area contributed by atoms with Gasteiger partial charge in [-0.1, -0.05) is 20.8 Å². The van der Waals surface area contributed by atoms with Gasteiger partial charge in [0.05, 0.1) is 31.3 Å². The van der Waals surface area contributed by atoms with Crippen molar-refractivity contribution in [2.24, 2.45) is 22.7 Å². The summed E-state index contributed by atoms with van der Waals surface area (Å²) in [6.45, 7) is 8.56. The second-order valence-corrected chi connectivity index (χ2v) is 7.29. The number of fused-ring (bicyclic) bond motifs is 3. The van der Waals surface area contributed by atoms with Crippen molar-refractivity contribution >= 4 is 0 Å². The Morgan fingerprint density at radius 2 is 1.53 bits per heavy atom. The Hall–Kier alpha value is -0.630. The van der Waals surface area contributed by atoms with E-state index in [9.17, 15) is 5.26 Å². The lowest BCUT2D eigenvalue weighted by atomic mass is 9.81. The normalized spacial score (nSPS) is 53.2. The fourth-order valence-corrected chi connectivity index (χ4v) is 3.66. The van der Waals surface area contributed by atoms with Crippen LogP contribution in [0.2, 0.25) is 0 Å². The third-order valence-corrected chi connectivity index (χ3v) is 5.11. The highest BCUT2D eigenvalue weighted by Gasteiger charge is 2.56. The summed E-state index contributed by atoms with van der Waals surface area (Å²) in [6, 6.07) is 2.53. The Balaban J connectivity index is 1.76.